The minimum Gasteiger partial charge on any atom is -0.457 e. The first kappa shape index (κ1) is 18.7. The van der Waals surface area contributed by atoms with Crippen molar-refractivity contribution in [2.75, 3.05) is 5.32 Å². The van der Waals surface area contributed by atoms with Crippen molar-refractivity contribution < 1.29 is 19.1 Å². The van der Waals surface area contributed by atoms with Crippen molar-refractivity contribution in [2.24, 2.45) is 0 Å². The van der Waals surface area contributed by atoms with Crippen LogP contribution in [0, 0.1) is 0 Å². The molecule has 3 rings (SSSR count). The lowest BCUT2D eigenvalue weighted by Gasteiger charge is -2.13. The molecule has 0 bridgehead atoms. The number of carbonyl (C=O) groups is 2. The van der Waals surface area contributed by atoms with Crippen LogP contribution in [0.1, 0.15) is 11.8 Å². The Morgan fingerprint density at radius 3 is 2.33 bits per heavy atom. The Balaban J connectivity index is 1.50. The van der Waals surface area contributed by atoms with Gasteiger partial charge in [-0.3, -0.25) is 9.59 Å². The van der Waals surface area contributed by atoms with E-state index in [2.05, 4.69) is 5.32 Å². The minimum atomic E-state index is -0.877. The van der Waals surface area contributed by atoms with Crippen LogP contribution >= 0.6 is 11.3 Å². The molecule has 1 N–H and O–H groups in total. The third kappa shape index (κ3) is 5.69. The fourth-order valence-electron chi connectivity index (χ4n) is 2.32. The van der Waals surface area contributed by atoms with E-state index in [-0.39, 0.29) is 12.3 Å². The number of thiophene rings is 1. The lowest BCUT2D eigenvalue weighted by atomic mass is 10.2. The van der Waals surface area contributed by atoms with Gasteiger partial charge in [0.05, 0.1) is 6.42 Å². The molecule has 1 amide bonds. The van der Waals surface area contributed by atoms with E-state index in [0.29, 0.717) is 11.4 Å². The standard InChI is InChI=1S/C21H19NO4S/c1-15(25-20(23)14-19-8-5-13-27-19)21(24)22-16-9-11-18(12-10-16)26-17-6-3-2-4-7-17/h2-13,15H,14H2,1H3,(H,22,24)/t15-/m1/s1. The van der Waals surface area contributed by atoms with E-state index >= 15 is 0 Å². The van der Waals surface area contributed by atoms with Crippen LogP contribution in [-0.2, 0) is 20.7 Å². The van der Waals surface area contributed by atoms with Gasteiger partial charge in [0, 0.05) is 10.6 Å². The minimum absolute atomic E-state index is 0.167. The van der Waals surface area contributed by atoms with Crippen LogP contribution < -0.4 is 10.1 Å². The molecule has 0 saturated heterocycles. The van der Waals surface area contributed by atoms with E-state index in [1.54, 1.807) is 31.2 Å². The summed E-state index contributed by atoms with van der Waals surface area (Å²) in [6, 6.07) is 20.1. The van der Waals surface area contributed by atoms with Crippen molar-refractivity contribution in [3.63, 3.8) is 0 Å². The monoisotopic (exact) mass is 381 g/mol. The maximum absolute atomic E-state index is 12.2. The van der Waals surface area contributed by atoms with Crippen molar-refractivity contribution in [3.8, 4) is 11.5 Å². The maximum Gasteiger partial charge on any atom is 0.311 e. The van der Waals surface area contributed by atoms with Gasteiger partial charge in [0.15, 0.2) is 6.10 Å². The first-order chi connectivity index (χ1) is 13.1. The van der Waals surface area contributed by atoms with Crippen molar-refractivity contribution in [1.29, 1.82) is 0 Å². The number of nitrogens with one attached hydrogen (secondary N) is 1. The van der Waals surface area contributed by atoms with E-state index in [4.69, 9.17) is 9.47 Å². The summed E-state index contributed by atoms with van der Waals surface area (Å²) in [5, 5.41) is 4.62. The summed E-state index contributed by atoms with van der Waals surface area (Å²) in [7, 11) is 0. The van der Waals surface area contributed by atoms with E-state index < -0.39 is 12.1 Å². The van der Waals surface area contributed by atoms with Gasteiger partial charge in [0.25, 0.3) is 5.91 Å². The maximum atomic E-state index is 12.2. The second kappa shape index (κ2) is 9.00. The highest BCUT2D eigenvalue weighted by Crippen LogP contribution is 2.22. The molecule has 1 aromatic heterocycles. The smallest absolute Gasteiger partial charge is 0.311 e. The van der Waals surface area contributed by atoms with Crippen LogP contribution in [0.5, 0.6) is 11.5 Å². The lowest BCUT2D eigenvalue weighted by Crippen LogP contribution is -2.30. The quantitative estimate of drug-likeness (QED) is 0.605. The summed E-state index contributed by atoms with van der Waals surface area (Å²) in [6.45, 7) is 1.55. The molecule has 0 saturated carbocycles. The number of hydrogen-bond acceptors (Lipinski definition) is 5. The lowest BCUT2D eigenvalue weighted by molar-refractivity contribution is -0.152. The highest BCUT2D eigenvalue weighted by atomic mass is 32.1. The normalized spacial score (nSPS) is 11.4. The zero-order valence-corrected chi connectivity index (χ0v) is 15.6. The fourth-order valence-corrected chi connectivity index (χ4v) is 3.01. The molecule has 0 aliphatic rings. The number of para-hydroxylation sites is 1. The summed E-state index contributed by atoms with van der Waals surface area (Å²) in [4.78, 5) is 25.0. The highest BCUT2D eigenvalue weighted by Gasteiger charge is 2.18. The van der Waals surface area contributed by atoms with Crippen LogP contribution in [0.2, 0.25) is 0 Å². The summed E-state index contributed by atoms with van der Waals surface area (Å²) in [5.41, 5.74) is 0.599. The Labute approximate surface area is 161 Å². The van der Waals surface area contributed by atoms with E-state index in [1.165, 1.54) is 11.3 Å². The van der Waals surface area contributed by atoms with Crippen LogP contribution in [0.15, 0.2) is 72.1 Å². The van der Waals surface area contributed by atoms with Gasteiger partial charge in [0.1, 0.15) is 11.5 Å². The summed E-state index contributed by atoms with van der Waals surface area (Å²) >= 11 is 1.48. The van der Waals surface area contributed by atoms with Crippen molar-refractivity contribution >= 4 is 28.9 Å². The van der Waals surface area contributed by atoms with Crippen LogP contribution in [0.25, 0.3) is 0 Å². The second-order valence-corrected chi connectivity index (χ2v) is 6.85. The van der Waals surface area contributed by atoms with Crippen LogP contribution in [0.3, 0.4) is 0 Å². The van der Waals surface area contributed by atoms with Gasteiger partial charge < -0.3 is 14.8 Å². The number of rotatable bonds is 7. The molecule has 27 heavy (non-hydrogen) atoms. The molecular formula is C21H19NO4S. The topological polar surface area (TPSA) is 64.6 Å². The Bertz CT molecular complexity index is 876. The van der Waals surface area contributed by atoms with Gasteiger partial charge in [-0.05, 0) is 54.8 Å². The average Bonchev–Trinajstić information content (AvgIpc) is 3.17. The molecule has 6 heteroatoms. The van der Waals surface area contributed by atoms with Gasteiger partial charge in [-0.1, -0.05) is 24.3 Å². The van der Waals surface area contributed by atoms with Gasteiger partial charge in [-0.15, -0.1) is 11.3 Å². The predicted molar refractivity (Wildman–Crippen MR) is 105 cm³/mol. The third-order valence-corrected chi connectivity index (χ3v) is 4.55. The molecule has 0 aliphatic heterocycles. The first-order valence-corrected chi connectivity index (χ1v) is 9.34. The van der Waals surface area contributed by atoms with E-state index in [9.17, 15) is 9.59 Å². The van der Waals surface area contributed by atoms with Crippen molar-refractivity contribution in [1.82, 2.24) is 0 Å². The van der Waals surface area contributed by atoms with E-state index in [1.807, 2.05) is 47.8 Å². The summed E-state index contributed by atoms with van der Waals surface area (Å²) < 4.78 is 10.9. The average molecular weight is 381 g/mol. The number of benzene rings is 2. The van der Waals surface area contributed by atoms with Gasteiger partial charge in [-0.25, -0.2) is 0 Å². The molecule has 138 valence electrons. The molecule has 0 aliphatic carbocycles. The molecule has 1 atom stereocenters. The van der Waals surface area contributed by atoms with E-state index in [0.717, 1.165) is 10.6 Å². The molecule has 1 heterocycles. The number of carbonyl (C=O) groups excluding carboxylic acids is 2. The van der Waals surface area contributed by atoms with Crippen molar-refractivity contribution in [2.45, 2.75) is 19.4 Å². The van der Waals surface area contributed by atoms with Gasteiger partial charge in [-0.2, -0.15) is 0 Å². The number of ether oxygens (including phenoxy) is 2. The molecule has 5 nitrogen and oxygen atoms in total. The molecule has 0 spiro atoms. The van der Waals surface area contributed by atoms with Gasteiger partial charge >= 0.3 is 5.97 Å². The van der Waals surface area contributed by atoms with Crippen LogP contribution in [-0.4, -0.2) is 18.0 Å². The SMILES string of the molecule is C[C@@H](OC(=O)Cc1cccs1)C(=O)Nc1ccc(Oc2ccccc2)cc1. The Hall–Kier alpha value is -3.12. The molecule has 0 fully saturated rings. The number of esters is 1. The number of hydrogen-bond donors (Lipinski definition) is 1. The molecular weight excluding hydrogens is 362 g/mol. The molecule has 0 radical (unpaired) electrons. The van der Waals surface area contributed by atoms with Crippen LogP contribution in [0.4, 0.5) is 5.69 Å². The predicted octanol–water partition coefficient (Wildman–Crippen LogP) is 4.65. The molecule has 2 aromatic carbocycles. The summed E-state index contributed by atoms with van der Waals surface area (Å²) in [5.74, 6) is 0.591. The van der Waals surface area contributed by atoms with Gasteiger partial charge in [0.2, 0.25) is 0 Å². The fraction of sp³-hybridized carbons (Fsp3) is 0.143. The third-order valence-electron chi connectivity index (χ3n) is 3.68. The second-order valence-electron chi connectivity index (χ2n) is 5.82. The summed E-state index contributed by atoms with van der Waals surface area (Å²) in [6.07, 6.45) is -0.710. The zero-order chi connectivity index (χ0) is 19.1. The Morgan fingerprint density at radius 2 is 1.67 bits per heavy atom. The highest BCUT2D eigenvalue weighted by molar-refractivity contribution is 7.10. The Morgan fingerprint density at radius 1 is 0.963 bits per heavy atom. The first-order valence-electron chi connectivity index (χ1n) is 8.46. The Kier molecular flexibility index (Phi) is 6.22. The molecule has 3 aromatic rings. The largest absolute Gasteiger partial charge is 0.457 e. The number of amides is 1. The zero-order valence-electron chi connectivity index (χ0n) is 14.8. The van der Waals surface area contributed by atoms with Crippen molar-refractivity contribution in [3.05, 3.63) is 77.0 Å². The number of anilines is 1. The molecule has 0 unspecified atom stereocenters.